The van der Waals surface area contributed by atoms with Crippen LogP contribution < -0.4 is 10.5 Å². The lowest BCUT2D eigenvalue weighted by molar-refractivity contribution is -0.145. The van der Waals surface area contributed by atoms with Crippen LogP contribution in [-0.4, -0.2) is 38.5 Å². The summed E-state index contributed by atoms with van der Waals surface area (Å²) < 4.78 is 44.7. The average Bonchev–Trinajstić information content (AvgIpc) is 3.09. The van der Waals surface area contributed by atoms with Gasteiger partial charge in [0.25, 0.3) is 0 Å². The average molecular weight is 356 g/mol. The number of ether oxygens (including phenoxy) is 2. The number of fused-ring (bicyclic) bond motifs is 1. The number of nitrogens with zero attached hydrogens (tertiary/aromatic N) is 1. The van der Waals surface area contributed by atoms with Gasteiger partial charge < -0.3 is 13.9 Å². The Kier molecular flexibility index (Phi) is 4.52. The number of hydrogen-bond donors (Lipinski definition) is 1. The van der Waals surface area contributed by atoms with Gasteiger partial charge in [0, 0.05) is 25.6 Å². The van der Waals surface area contributed by atoms with Crippen LogP contribution in [0.2, 0.25) is 0 Å². The van der Waals surface area contributed by atoms with E-state index in [9.17, 15) is 13.2 Å². The zero-order valence-corrected chi connectivity index (χ0v) is 14.4. The highest BCUT2D eigenvalue weighted by Crippen LogP contribution is 2.22. The number of nitrogens with one attached hydrogen (secondary N) is 1. The van der Waals surface area contributed by atoms with E-state index in [0.29, 0.717) is 31.7 Å². The summed E-state index contributed by atoms with van der Waals surface area (Å²) in [5.41, 5.74) is 0.820. The zero-order chi connectivity index (χ0) is 17.4. The van der Waals surface area contributed by atoms with E-state index in [0.717, 1.165) is 0 Å². The Labute approximate surface area is 139 Å². The first kappa shape index (κ1) is 17.2. The van der Waals surface area contributed by atoms with Crippen LogP contribution in [0, 0.1) is 0 Å². The molecule has 1 aromatic carbocycles. The lowest BCUT2D eigenvalue weighted by Crippen LogP contribution is -2.33. The van der Waals surface area contributed by atoms with Gasteiger partial charge in [-0.05, 0) is 26.0 Å². The maximum absolute atomic E-state index is 12.4. The molecule has 24 heavy (non-hydrogen) atoms. The molecule has 3 rings (SSSR count). The second-order valence-electron chi connectivity index (χ2n) is 5.72. The van der Waals surface area contributed by atoms with E-state index in [4.69, 9.17) is 13.9 Å². The van der Waals surface area contributed by atoms with Gasteiger partial charge in [0.15, 0.2) is 11.4 Å². The molecule has 2 aromatic rings. The van der Waals surface area contributed by atoms with Gasteiger partial charge in [-0.3, -0.25) is 4.57 Å². The topological polar surface area (TPSA) is 99.8 Å². The zero-order valence-electron chi connectivity index (χ0n) is 13.6. The minimum absolute atomic E-state index is 0.0467. The molecule has 0 bridgehead atoms. The van der Waals surface area contributed by atoms with Crippen LogP contribution in [0.5, 0.6) is 0 Å². The molecule has 132 valence electrons. The van der Waals surface area contributed by atoms with Crippen molar-refractivity contribution in [3.8, 4) is 0 Å². The number of benzene rings is 1. The summed E-state index contributed by atoms with van der Waals surface area (Å²) in [5, 5.41) is 0. The van der Waals surface area contributed by atoms with Crippen LogP contribution in [0.15, 0.2) is 32.3 Å². The molecular formula is C15H20N2O6S. The van der Waals surface area contributed by atoms with Gasteiger partial charge in [-0.2, -0.15) is 0 Å². The monoisotopic (exact) mass is 356 g/mol. The first-order valence-corrected chi connectivity index (χ1v) is 9.24. The standard InChI is InChI=1S/C15H20N2O6S/c1-3-17-12-5-4-11(10-13(12)23-14(17)18)24(19,20)16-7-6-15(2)21-8-9-22-15/h4-5,10,16H,3,6-9H2,1-2H3. The highest BCUT2D eigenvalue weighted by molar-refractivity contribution is 7.89. The molecule has 0 amide bonds. The van der Waals surface area contributed by atoms with Crippen LogP contribution in [0.25, 0.3) is 11.1 Å². The molecule has 1 aliphatic heterocycles. The first-order valence-electron chi connectivity index (χ1n) is 7.76. The second-order valence-corrected chi connectivity index (χ2v) is 7.49. The molecule has 0 aliphatic carbocycles. The summed E-state index contributed by atoms with van der Waals surface area (Å²) in [7, 11) is -3.71. The number of hydrogen-bond acceptors (Lipinski definition) is 6. The third-order valence-corrected chi connectivity index (χ3v) is 5.49. The predicted molar refractivity (Wildman–Crippen MR) is 86.3 cm³/mol. The number of aryl methyl sites for hydroxylation is 1. The van der Waals surface area contributed by atoms with Crippen LogP contribution in [0.4, 0.5) is 0 Å². The molecule has 0 saturated carbocycles. The Morgan fingerprint density at radius 2 is 2.00 bits per heavy atom. The largest absolute Gasteiger partial charge is 0.419 e. The normalized spacial score (nSPS) is 17.6. The van der Waals surface area contributed by atoms with Crippen LogP contribution in [0.3, 0.4) is 0 Å². The number of sulfonamides is 1. The minimum Gasteiger partial charge on any atom is -0.408 e. The van der Waals surface area contributed by atoms with Gasteiger partial charge in [0.2, 0.25) is 10.0 Å². The maximum atomic E-state index is 12.4. The third kappa shape index (κ3) is 3.25. The Hall–Kier alpha value is -1.68. The van der Waals surface area contributed by atoms with Gasteiger partial charge in [-0.15, -0.1) is 0 Å². The van der Waals surface area contributed by atoms with E-state index in [1.54, 1.807) is 13.0 Å². The smallest absolute Gasteiger partial charge is 0.408 e. The highest BCUT2D eigenvalue weighted by Gasteiger charge is 2.31. The van der Waals surface area contributed by atoms with Crippen molar-refractivity contribution in [2.45, 2.75) is 37.5 Å². The van der Waals surface area contributed by atoms with E-state index in [-0.39, 0.29) is 17.0 Å². The molecule has 2 heterocycles. The van der Waals surface area contributed by atoms with Crippen molar-refractivity contribution in [1.82, 2.24) is 9.29 Å². The minimum atomic E-state index is -3.71. The molecule has 0 unspecified atom stereocenters. The summed E-state index contributed by atoms with van der Waals surface area (Å²) in [6.07, 6.45) is 0.399. The van der Waals surface area contributed by atoms with Gasteiger partial charge >= 0.3 is 5.76 Å². The summed E-state index contributed by atoms with van der Waals surface area (Å²) in [5.74, 6) is -1.25. The maximum Gasteiger partial charge on any atom is 0.419 e. The van der Waals surface area contributed by atoms with E-state index in [2.05, 4.69) is 4.72 Å². The van der Waals surface area contributed by atoms with Gasteiger partial charge in [-0.25, -0.2) is 17.9 Å². The summed E-state index contributed by atoms with van der Waals surface area (Å²) in [6.45, 7) is 5.24. The summed E-state index contributed by atoms with van der Waals surface area (Å²) in [4.78, 5) is 11.7. The summed E-state index contributed by atoms with van der Waals surface area (Å²) in [6, 6.07) is 4.38. The fourth-order valence-electron chi connectivity index (χ4n) is 2.71. The lowest BCUT2D eigenvalue weighted by atomic mass is 10.2. The molecule has 1 saturated heterocycles. The predicted octanol–water partition coefficient (Wildman–Crippen LogP) is 1.05. The number of oxazole rings is 1. The van der Waals surface area contributed by atoms with E-state index in [1.165, 1.54) is 16.7 Å². The van der Waals surface area contributed by atoms with Crippen LogP contribution in [-0.2, 0) is 26.0 Å². The molecule has 0 atom stereocenters. The fraction of sp³-hybridized carbons (Fsp3) is 0.533. The lowest BCUT2D eigenvalue weighted by Gasteiger charge is -2.22. The van der Waals surface area contributed by atoms with Crippen molar-refractivity contribution in [3.05, 3.63) is 28.7 Å². The van der Waals surface area contributed by atoms with Gasteiger partial charge in [0.05, 0.1) is 23.6 Å². The quantitative estimate of drug-likeness (QED) is 0.830. The van der Waals surface area contributed by atoms with Gasteiger partial charge in [0.1, 0.15) is 0 Å². The van der Waals surface area contributed by atoms with Crippen molar-refractivity contribution in [1.29, 1.82) is 0 Å². The van der Waals surface area contributed by atoms with Crippen molar-refractivity contribution in [2.75, 3.05) is 19.8 Å². The van der Waals surface area contributed by atoms with Crippen LogP contribution in [0.1, 0.15) is 20.3 Å². The molecule has 1 aliphatic rings. The summed E-state index contributed by atoms with van der Waals surface area (Å²) >= 11 is 0. The Morgan fingerprint density at radius 1 is 1.29 bits per heavy atom. The van der Waals surface area contributed by atoms with E-state index in [1.807, 2.05) is 6.92 Å². The molecule has 1 fully saturated rings. The van der Waals surface area contributed by atoms with E-state index < -0.39 is 21.6 Å². The molecule has 1 N–H and O–H groups in total. The SMILES string of the molecule is CCn1c(=O)oc2cc(S(=O)(=O)NCCC3(C)OCCO3)ccc21. The third-order valence-electron chi connectivity index (χ3n) is 4.04. The van der Waals surface area contributed by atoms with Crippen LogP contribution >= 0.6 is 0 Å². The van der Waals surface area contributed by atoms with Crippen molar-refractivity contribution < 1.29 is 22.3 Å². The molecule has 8 nitrogen and oxygen atoms in total. The second kappa shape index (κ2) is 6.32. The van der Waals surface area contributed by atoms with Crippen molar-refractivity contribution >= 4 is 21.1 Å². The Morgan fingerprint density at radius 3 is 2.67 bits per heavy atom. The molecule has 0 radical (unpaired) electrons. The van der Waals surface area contributed by atoms with E-state index >= 15 is 0 Å². The van der Waals surface area contributed by atoms with Gasteiger partial charge in [-0.1, -0.05) is 0 Å². The van der Waals surface area contributed by atoms with Crippen molar-refractivity contribution in [3.63, 3.8) is 0 Å². The molecule has 0 spiro atoms. The Balaban J connectivity index is 1.76. The molecule has 1 aromatic heterocycles. The molecule has 9 heteroatoms. The number of aromatic nitrogens is 1. The van der Waals surface area contributed by atoms with Crippen molar-refractivity contribution in [2.24, 2.45) is 0 Å². The fourth-order valence-corrected chi connectivity index (χ4v) is 3.76. The highest BCUT2D eigenvalue weighted by atomic mass is 32.2. The first-order chi connectivity index (χ1) is 11.3. The number of rotatable bonds is 6. The Bertz CT molecular complexity index is 892. The molecular weight excluding hydrogens is 336 g/mol.